The van der Waals surface area contributed by atoms with Crippen LogP contribution in [0.5, 0.6) is 0 Å². The molecule has 0 heterocycles. The lowest BCUT2D eigenvalue weighted by molar-refractivity contribution is 1.48. The average Bonchev–Trinajstić information content (AvgIpc) is 2.97. The highest BCUT2D eigenvalue weighted by molar-refractivity contribution is 6.21. The number of benzene rings is 4. The Hall–Kier alpha value is -3.62. The first-order valence-corrected chi connectivity index (χ1v) is 7.76. The first-order valence-electron chi connectivity index (χ1n) is 7.76. The van der Waals surface area contributed by atoms with E-state index < -0.39 is 0 Å². The molecule has 0 saturated heterocycles. The largest absolute Gasteiger partial charge is 0.192 e. The van der Waals surface area contributed by atoms with Gasteiger partial charge in [-0.2, -0.15) is 10.5 Å². The average molecular weight is 302 g/mol. The number of rotatable bonds is 0. The zero-order chi connectivity index (χ0) is 16.3. The molecule has 2 nitrogen and oxygen atoms in total. The van der Waals surface area contributed by atoms with E-state index >= 15 is 0 Å². The van der Waals surface area contributed by atoms with Gasteiger partial charge < -0.3 is 0 Å². The van der Waals surface area contributed by atoms with Crippen LogP contribution in [0, 0.1) is 22.7 Å². The van der Waals surface area contributed by atoms with Crippen molar-refractivity contribution in [3.8, 4) is 34.4 Å². The molecule has 0 saturated carbocycles. The van der Waals surface area contributed by atoms with Gasteiger partial charge in [0, 0.05) is 21.9 Å². The van der Waals surface area contributed by atoms with Gasteiger partial charge >= 0.3 is 0 Å². The molecule has 0 bridgehead atoms. The Balaban J connectivity index is 2.15. The van der Waals surface area contributed by atoms with Crippen molar-refractivity contribution in [2.45, 2.75) is 0 Å². The summed E-state index contributed by atoms with van der Waals surface area (Å²) < 4.78 is 0. The van der Waals surface area contributed by atoms with Crippen molar-refractivity contribution >= 4 is 21.5 Å². The van der Waals surface area contributed by atoms with E-state index in [0.29, 0.717) is 11.1 Å². The minimum absolute atomic E-state index is 0.656. The molecule has 0 N–H and O–H groups in total. The maximum absolute atomic E-state index is 9.86. The molecule has 1 aliphatic carbocycles. The van der Waals surface area contributed by atoms with Gasteiger partial charge in [0.05, 0.1) is 11.1 Å². The Morgan fingerprint density at radius 1 is 0.583 bits per heavy atom. The Morgan fingerprint density at radius 3 is 1.54 bits per heavy atom. The summed E-state index contributed by atoms with van der Waals surface area (Å²) in [4.78, 5) is 0. The van der Waals surface area contributed by atoms with Crippen LogP contribution >= 0.6 is 0 Å². The molecule has 0 unspecified atom stereocenters. The van der Waals surface area contributed by atoms with Crippen LogP contribution in [0.15, 0.2) is 60.7 Å². The summed E-state index contributed by atoms with van der Waals surface area (Å²) in [5.41, 5.74) is 5.22. The van der Waals surface area contributed by atoms with E-state index in [2.05, 4.69) is 36.4 Å². The second-order valence-electron chi connectivity index (χ2n) is 5.98. The zero-order valence-electron chi connectivity index (χ0n) is 12.7. The van der Waals surface area contributed by atoms with Crippen LogP contribution in [0.3, 0.4) is 0 Å². The molecule has 1 aliphatic rings. The molecule has 0 aliphatic heterocycles. The minimum Gasteiger partial charge on any atom is -0.192 e. The fraction of sp³-hybridized carbons (Fsp3) is 0. The third kappa shape index (κ3) is 1.38. The first-order chi connectivity index (χ1) is 11.8. The highest BCUT2D eigenvalue weighted by Gasteiger charge is 2.29. The van der Waals surface area contributed by atoms with Gasteiger partial charge in [0.2, 0.25) is 0 Å². The number of fused-ring (bicyclic) bond motifs is 4. The summed E-state index contributed by atoms with van der Waals surface area (Å²) in [6, 6.07) is 24.7. The maximum Gasteiger partial charge on any atom is 0.100 e. The molecule has 4 aromatic rings. The van der Waals surface area contributed by atoms with Crippen LogP contribution in [0.2, 0.25) is 0 Å². The Kier molecular flexibility index (Phi) is 2.38. The molecule has 0 radical (unpaired) electrons. The van der Waals surface area contributed by atoms with Crippen molar-refractivity contribution < 1.29 is 0 Å². The SMILES string of the molecule is N#Cc1c2c(c(C#N)c3ccccc13)-c1cccc3cccc-2c13. The van der Waals surface area contributed by atoms with Gasteiger partial charge in [-0.3, -0.25) is 0 Å². The molecule has 2 heteroatoms. The third-order valence-corrected chi connectivity index (χ3v) is 4.88. The number of nitriles is 2. The molecule has 108 valence electrons. The highest BCUT2D eigenvalue weighted by Crippen LogP contribution is 2.52. The normalized spacial score (nSPS) is 11.2. The predicted octanol–water partition coefficient (Wildman–Crippen LogP) is 5.38. The van der Waals surface area contributed by atoms with Gasteiger partial charge in [0.1, 0.15) is 12.1 Å². The van der Waals surface area contributed by atoms with E-state index in [1.54, 1.807) is 0 Å². The molecular weight excluding hydrogens is 292 g/mol. The molecule has 0 fully saturated rings. The summed E-state index contributed by atoms with van der Waals surface area (Å²) in [5.74, 6) is 0. The Bertz CT molecular complexity index is 1170. The van der Waals surface area contributed by atoms with Crippen molar-refractivity contribution in [2.24, 2.45) is 0 Å². The van der Waals surface area contributed by atoms with Gasteiger partial charge in [-0.15, -0.1) is 0 Å². The van der Waals surface area contributed by atoms with Crippen LogP contribution in [-0.2, 0) is 0 Å². The quantitative estimate of drug-likeness (QED) is 0.385. The van der Waals surface area contributed by atoms with Gasteiger partial charge in [0.25, 0.3) is 0 Å². The predicted molar refractivity (Wildman–Crippen MR) is 95.3 cm³/mol. The van der Waals surface area contributed by atoms with E-state index in [0.717, 1.165) is 43.8 Å². The van der Waals surface area contributed by atoms with E-state index in [4.69, 9.17) is 0 Å². The van der Waals surface area contributed by atoms with Crippen molar-refractivity contribution in [2.75, 3.05) is 0 Å². The summed E-state index contributed by atoms with van der Waals surface area (Å²) in [7, 11) is 0. The molecular formula is C22H10N2. The molecule has 0 atom stereocenters. The van der Waals surface area contributed by atoms with E-state index in [-0.39, 0.29) is 0 Å². The summed E-state index contributed by atoms with van der Waals surface area (Å²) in [6.45, 7) is 0. The second-order valence-corrected chi connectivity index (χ2v) is 5.98. The molecule has 0 spiro atoms. The smallest absolute Gasteiger partial charge is 0.100 e. The van der Waals surface area contributed by atoms with E-state index in [1.165, 1.54) is 0 Å². The number of hydrogen-bond acceptors (Lipinski definition) is 2. The Labute approximate surface area is 138 Å². The molecule has 0 amide bonds. The van der Waals surface area contributed by atoms with E-state index in [9.17, 15) is 10.5 Å². The van der Waals surface area contributed by atoms with Crippen molar-refractivity contribution in [3.05, 3.63) is 71.8 Å². The van der Waals surface area contributed by atoms with Crippen molar-refractivity contribution in [1.82, 2.24) is 0 Å². The van der Waals surface area contributed by atoms with Crippen LogP contribution < -0.4 is 0 Å². The lowest BCUT2D eigenvalue weighted by atomic mass is 9.88. The minimum atomic E-state index is 0.656. The monoisotopic (exact) mass is 302 g/mol. The topological polar surface area (TPSA) is 47.6 Å². The van der Waals surface area contributed by atoms with Crippen LogP contribution in [0.1, 0.15) is 11.1 Å². The fourth-order valence-electron chi connectivity index (χ4n) is 3.97. The summed E-state index contributed by atoms with van der Waals surface area (Å²) in [6.07, 6.45) is 0. The lowest BCUT2D eigenvalue weighted by Gasteiger charge is -2.11. The Morgan fingerprint density at radius 2 is 1.08 bits per heavy atom. The maximum atomic E-state index is 9.86. The number of nitrogens with zero attached hydrogens (tertiary/aromatic N) is 2. The van der Waals surface area contributed by atoms with Crippen molar-refractivity contribution in [3.63, 3.8) is 0 Å². The zero-order valence-corrected chi connectivity index (χ0v) is 12.7. The fourth-order valence-corrected chi connectivity index (χ4v) is 3.97. The standard InChI is InChI=1S/C22H10N2/c23-11-18-14-7-1-2-8-15(14)19(12-24)22-17-10-4-6-13-5-3-9-16(20(13)17)21(18)22/h1-10H. The van der Waals surface area contributed by atoms with Crippen LogP contribution in [0.25, 0.3) is 43.8 Å². The molecule has 4 aromatic carbocycles. The lowest BCUT2D eigenvalue weighted by Crippen LogP contribution is -1.92. The van der Waals surface area contributed by atoms with Crippen LogP contribution in [-0.4, -0.2) is 0 Å². The van der Waals surface area contributed by atoms with Gasteiger partial charge in [-0.05, 0) is 21.9 Å². The van der Waals surface area contributed by atoms with Gasteiger partial charge in [-0.25, -0.2) is 0 Å². The highest BCUT2D eigenvalue weighted by atomic mass is 14.3. The first kappa shape index (κ1) is 12.9. The molecule has 0 aromatic heterocycles. The molecule has 24 heavy (non-hydrogen) atoms. The third-order valence-electron chi connectivity index (χ3n) is 4.88. The van der Waals surface area contributed by atoms with Gasteiger partial charge in [0.15, 0.2) is 0 Å². The van der Waals surface area contributed by atoms with E-state index in [1.807, 2.05) is 36.4 Å². The second kappa shape index (κ2) is 4.44. The van der Waals surface area contributed by atoms with Crippen molar-refractivity contribution in [1.29, 1.82) is 10.5 Å². The summed E-state index contributed by atoms with van der Waals surface area (Å²) in [5, 5.41) is 23.7. The number of hydrogen-bond donors (Lipinski definition) is 0. The van der Waals surface area contributed by atoms with Crippen LogP contribution in [0.4, 0.5) is 0 Å². The molecule has 5 rings (SSSR count). The summed E-state index contributed by atoms with van der Waals surface area (Å²) >= 11 is 0. The van der Waals surface area contributed by atoms with Gasteiger partial charge in [-0.1, -0.05) is 60.7 Å².